The Morgan fingerprint density at radius 2 is 1.55 bits per heavy atom. The first kappa shape index (κ1) is 10.9. The van der Waals surface area contributed by atoms with Gasteiger partial charge in [-0.3, -0.25) is 0 Å². The van der Waals surface area contributed by atoms with E-state index in [0.29, 0.717) is 18.0 Å². The van der Waals surface area contributed by atoms with Crippen LogP contribution in [-0.2, 0) is 0 Å². The van der Waals surface area contributed by atoms with Gasteiger partial charge >= 0.3 is 0 Å². The van der Waals surface area contributed by atoms with Gasteiger partial charge in [-0.2, -0.15) is 0 Å². The fraction of sp³-hybridized carbons (Fsp3) is 1.00. The SMILES string of the molecule is CNC(C(C)C)C(C)N(C)C. The van der Waals surface area contributed by atoms with Gasteiger partial charge < -0.3 is 10.2 Å². The molecule has 11 heavy (non-hydrogen) atoms. The quantitative estimate of drug-likeness (QED) is 0.661. The predicted octanol–water partition coefficient (Wildman–Crippen LogP) is 1.18. The molecule has 0 heterocycles. The van der Waals surface area contributed by atoms with Crippen LogP contribution in [0, 0.1) is 5.92 Å². The third-order valence-corrected chi connectivity index (χ3v) is 2.39. The Morgan fingerprint density at radius 1 is 1.09 bits per heavy atom. The summed E-state index contributed by atoms with van der Waals surface area (Å²) in [7, 11) is 6.28. The number of nitrogens with one attached hydrogen (secondary N) is 1. The lowest BCUT2D eigenvalue weighted by atomic mass is 9.97. The summed E-state index contributed by atoms with van der Waals surface area (Å²) in [6, 6.07) is 1.19. The summed E-state index contributed by atoms with van der Waals surface area (Å²) < 4.78 is 0. The van der Waals surface area contributed by atoms with Gasteiger partial charge in [0.1, 0.15) is 0 Å². The van der Waals surface area contributed by atoms with E-state index >= 15 is 0 Å². The van der Waals surface area contributed by atoms with Crippen molar-refractivity contribution >= 4 is 0 Å². The van der Waals surface area contributed by atoms with Crippen LogP contribution in [0.5, 0.6) is 0 Å². The number of likely N-dealkylation sites (N-methyl/N-ethyl adjacent to an activating group) is 2. The minimum absolute atomic E-state index is 0.588. The summed E-state index contributed by atoms with van der Waals surface area (Å²) >= 11 is 0. The molecule has 68 valence electrons. The molecular weight excluding hydrogens is 136 g/mol. The fourth-order valence-electron chi connectivity index (χ4n) is 1.45. The maximum atomic E-state index is 3.34. The number of nitrogens with zero attached hydrogens (tertiary/aromatic N) is 1. The summed E-state index contributed by atoms with van der Waals surface area (Å²) in [5, 5.41) is 3.34. The van der Waals surface area contributed by atoms with Crippen molar-refractivity contribution in [3.05, 3.63) is 0 Å². The Balaban J connectivity index is 4.02. The third kappa shape index (κ3) is 3.21. The molecule has 0 aliphatic carbocycles. The van der Waals surface area contributed by atoms with Crippen molar-refractivity contribution in [3.8, 4) is 0 Å². The van der Waals surface area contributed by atoms with Gasteiger partial charge in [0, 0.05) is 12.1 Å². The summed E-state index contributed by atoms with van der Waals surface area (Å²) in [5.74, 6) is 0.692. The lowest BCUT2D eigenvalue weighted by molar-refractivity contribution is 0.216. The molecule has 0 aliphatic heterocycles. The van der Waals surface area contributed by atoms with E-state index in [1.807, 2.05) is 7.05 Å². The van der Waals surface area contributed by atoms with Gasteiger partial charge in [-0.1, -0.05) is 13.8 Å². The van der Waals surface area contributed by atoms with Crippen LogP contribution >= 0.6 is 0 Å². The summed E-state index contributed by atoms with van der Waals surface area (Å²) in [4.78, 5) is 2.25. The van der Waals surface area contributed by atoms with Crippen molar-refractivity contribution in [2.24, 2.45) is 5.92 Å². The average molecular weight is 158 g/mol. The van der Waals surface area contributed by atoms with Crippen molar-refractivity contribution in [2.45, 2.75) is 32.9 Å². The van der Waals surface area contributed by atoms with Crippen LogP contribution in [0.2, 0.25) is 0 Å². The highest BCUT2D eigenvalue weighted by molar-refractivity contribution is 4.79. The summed E-state index contributed by atoms with van der Waals surface area (Å²) in [5.41, 5.74) is 0. The van der Waals surface area contributed by atoms with Gasteiger partial charge in [-0.15, -0.1) is 0 Å². The van der Waals surface area contributed by atoms with Gasteiger partial charge in [0.2, 0.25) is 0 Å². The Bertz CT molecular complexity index is 99.7. The van der Waals surface area contributed by atoms with Crippen LogP contribution in [0.3, 0.4) is 0 Å². The van der Waals surface area contributed by atoms with Crippen molar-refractivity contribution in [1.82, 2.24) is 10.2 Å². The second-order valence-electron chi connectivity index (χ2n) is 3.76. The lowest BCUT2D eigenvalue weighted by Gasteiger charge is -2.31. The maximum Gasteiger partial charge on any atom is 0.0240 e. The van der Waals surface area contributed by atoms with Gasteiger partial charge in [0.15, 0.2) is 0 Å². The smallest absolute Gasteiger partial charge is 0.0240 e. The molecule has 2 unspecified atom stereocenters. The topological polar surface area (TPSA) is 15.3 Å². The number of rotatable bonds is 4. The Labute approximate surface area is 71.0 Å². The monoisotopic (exact) mass is 158 g/mol. The van der Waals surface area contributed by atoms with E-state index in [1.165, 1.54) is 0 Å². The number of hydrogen-bond acceptors (Lipinski definition) is 2. The van der Waals surface area contributed by atoms with Crippen molar-refractivity contribution in [2.75, 3.05) is 21.1 Å². The zero-order chi connectivity index (χ0) is 9.02. The minimum atomic E-state index is 0.588. The molecule has 2 atom stereocenters. The maximum absolute atomic E-state index is 3.34. The Morgan fingerprint density at radius 3 is 1.64 bits per heavy atom. The second kappa shape index (κ2) is 4.73. The lowest BCUT2D eigenvalue weighted by Crippen LogP contribution is -2.47. The van der Waals surface area contributed by atoms with E-state index in [1.54, 1.807) is 0 Å². The molecular formula is C9H22N2. The van der Waals surface area contributed by atoms with Crippen LogP contribution in [0.1, 0.15) is 20.8 Å². The third-order valence-electron chi connectivity index (χ3n) is 2.39. The van der Waals surface area contributed by atoms with E-state index in [4.69, 9.17) is 0 Å². The molecule has 0 aromatic carbocycles. The van der Waals surface area contributed by atoms with Gasteiger partial charge in [-0.05, 0) is 34.0 Å². The molecule has 0 radical (unpaired) electrons. The molecule has 0 aromatic heterocycles. The molecule has 0 rings (SSSR count). The summed E-state index contributed by atoms with van der Waals surface area (Å²) in [6.45, 7) is 6.75. The molecule has 1 N–H and O–H groups in total. The van der Waals surface area contributed by atoms with Crippen molar-refractivity contribution in [3.63, 3.8) is 0 Å². The molecule has 0 saturated carbocycles. The van der Waals surface area contributed by atoms with Crippen LogP contribution in [0.4, 0.5) is 0 Å². The fourth-order valence-corrected chi connectivity index (χ4v) is 1.45. The zero-order valence-corrected chi connectivity index (χ0v) is 8.68. The standard InChI is InChI=1S/C9H22N2/c1-7(2)9(10-4)8(3)11(5)6/h7-10H,1-6H3. The molecule has 2 heteroatoms. The Hall–Kier alpha value is -0.0800. The molecule has 0 saturated heterocycles. The van der Waals surface area contributed by atoms with Crippen LogP contribution in [0.15, 0.2) is 0 Å². The Kier molecular flexibility index (Phi) is 4.69. The van der Waals surface area contributed by atoms with Crippen molar-refractivity contribution < 1.29 is 0 Å². The van der Waals surface area contributed by atoms with E-state index in [2.05, 4.69) is 45.1 Å². The molecule has 0 aromatic rings. The molecule has 0 fully saturated rings. The average Bonchev–Trinajstić information content (AvgIpc) is 1.88. The highest BCUT2D eigenvalue weighted by atomic mass is 15.1. The highest BCUT2D eigenvalue weighted by Gasteiger charge is 2.19. The van der Waals surface area contributed by atoms with Crippen LogP contribution in [0.25, 0.3) is 0 Å². The largest absolute Gasteiger partial charge is 0.315 e. The number of hydrogen-bond donors (Lipinski definition) is 1. The van der Waals surface area contributed by atoms with Gasteiger partial charge in [0.25, 0.3) is 0 Å². The van der Waals surface area contributed by atoms with Gasteiger partial charge in [-0.25, -0.2) is 0 Å². The molecule has 0 bridgehead atoms. The first-order valence-electron chi connectivity index (χ1n) is 4.34. The first-order chi connectivity index (χ1) is 5.00. The normalized spacial score (nSPS) is 17.5. The molecule has 0 amide bonds. The van der Waals surface area contributed by atoms with E-state index in [-0.39, 0.29) is 0 Å². The minimum Gasteiger partial charge on any atom is -0.315 e. The summed E-state index contributed by atoms with van der Waals surface area (Å²) in [6.07, 6.45) is 0. The zero-order valence-electron chi connectivity index (χ0n) is 8.68. The van der Waals surface area contributed by atoms with E-state index < -0.39 is 0 Å². The molecule has 0 spiro atoms. The first-order valence-corrected chi connectivity index (χ1v) is 4.34. The highest BCUT2D eigenvalue weighted by Crippen LogP contribution is 2.08. The van der Waals surface area contributed by atoms with Gasteiger partial charge in [0.05, 0.1) is 0 Å². The van der Waals surface area contributed by atoms with E-state index in [9.17, 15) is 0 Å². The second-order valence-corrected chi connectivity index (χ2v) is 3.76. The van der Waals surface area contributed by atoms with Crippen LogP contribution < -0.4 is 5.32 Å². The van der Waals surface area contributed by atoms with Crippen molar-refractivity contribution in [1.29, 1.82) is 0 Å². The molecule has 0 aliphatic rings. The van der Waals surface area contributed by atoms with E-state index in [0.717, 1.165) is 0 Å². The predicted molar refractivity (Wildman–Crippen MR) is 50.8 cm³/mol. The molecule has 2 nitrogen and oxygen atoms in total. The van der Waals surface area contributed by atoms with Crippen LogP contribution in [-0.4, -0.2) is 38.1 Å².